The van der Waals surface area contributed by atoms with Gasteiger partial charge >= 0.3 is 0 Å². The zero-order chi connectivity index (χ0) is 18.7. The zero-order valence-electron chi connectivity index (χ0n) is 15.5. The average Bonchev–Trinajstić information content (AvgIpc) is 3.08. The molecule has 0 radical (unpaired) electrons. The highest BCUT2D eigenvalue weighted by molar-refractivity contribution is 5.97. The lowest BCUT2D eigenvalue weighted by atomic mass is 10.1. The van der Waals surface area contributed by atoms with Crippen molar-refractivity contribution in [3.05, 3.63) is 29.8 Å². The van der Waals surface area contributed by atoms with Gasteiger partial charge in [0, 0.05) is 64.5 Å². The van der Waals surface area contributed by atoms with Crippen LogP contribution in [0.4, 0.5) is 5.69 Å². The Hall–Kier alpha value is -2.41. The standard InChI is InChI=1S/C19H26N4O3/c1-20(2)18(25)14-21-10-12-22(13-11-21)19(26)15-5-7-16(8-6-15)23-9-3-4-17(23)24/h5-8H,3-4,9-14H2,1-2H3. The first-order chi connectivity index (χ1) is 12.5. The van der Waals surface area contributed by atoms with Gasteiger partial charge in [-0.25, -0.2) is 0 Å². The van der Waals surface area contributed by atoms with Crippen LogP contribution < -0.4 is 4.90 Å². The molecule has 2 fully saturated rings. The molecule has 2 aliphatic heterocycles. The third-order valence-electron chi connectivity index (χ3n) is 5.02. The van der Waals surface area contributed by atoms with Crippen molar-refractivity contribution in [2.45, 2.75) is 12.8 Å². The minimum absolute atomic E-state index is 0.00267. The van der Waals surface area contributed by atoms with E-state index in [0.717, 1.165) is 18.7 Å². The Labute approximate surface area is 154 Å². The minimum Gasteiger partial charge on any atom is -0.348 e. The van der Waals surface area contributed by atoms with Gasteiger partial charge in [0.1, 0.15) is 0 Å². The van der Waals surface area contributed by atoms with Crippen molar-refractivity contribution in [1.29, 1.82) is 0 Å². The highest BCUT2D eigenvalue weighted by Gasteiger charge is 2.25. The summed E-state index contributed by atoms with van der Waals surface area (Å²) >= 11 is 0. The molecule has 0 aromatic heterocycles. The average molecular weight is 358 g/mol. The number of hydrogen-bond acceptors (Lipinski definition) is 4. The second kappa shape index (κ2) is 7.86. The molecule has 3 amide bonds. The van der Waals surface area contributed by atoms with Crippen molar-refractivity contribution in [2.24, 2.45) is 0 Å². The number of hydrogen-bond donors (Lipinski definition) is 0. The van der Waals surface area contributed by atoms with E-state index in [1.54, 1.807) is 36.0 Å². The molecular weight excluding hydrogens is 332 g/mol. The van der Waals surface area contributed by atoms with Crippen LogP contribution in [0.5, 0.6) is 0 Å². The van der Waals surface area contributed by atoms with Crippen LogP contribution in [0.2, 0.25) is 0 Å². The summed E-state index contributed by atoms with van der Waals surface area (Å²) in [6.07, 6.45) is 1.49. The Bertz CT molecular complexity index is 679. The summed E-state index contributed by atoms with van der Waals surface area (Å²) in [4.78, 5) is 43.5. The molecule has 0 atom stereocenters. The summed E-state index contributed by atoms with van der Waals surface area (Å²) in [5.41, 5.74) is 1.49. The molecule has 0 unspecified atom stereocenters. The molecule has 0 bridgehead atoms. The predicted octanol–water partition coefficient (Wildman–Crippen LogP) is 0.659. The van der Waals surface area contributed by atoms with Crippen molar-refractivity contribution in [1.82, 2.24) is 14.7 Å². The fourth-order valence-electron chi connectivity index (χ4n) is 3.33. The quantitative estimate of drug-likeness (QED) is 0.793. The first-order valence-electron chi connectivity index (χ1n) is 9.08. The Balaban J connectivity index is 1.55. The fourth-order valence-corrected chi connectivity index (χ4v) is 3.33. The topological polar surface area (TPSA) is 64.2 Å². The van der Waals surface area contributed by atoms with Gasteiger partial charge in [-0.2, -0.15) is 0 Å². The normalized spacial score (nSPS) is 18.3. The molecule has 1 aromatic carbocycles. The van der Waals surface area contributed by atoms with Crippen LogP contribution in [0.3, 0.4) is 0 Å². The van der Waals surface area contributed by atoms with Crippen LogP contribution in [0.15, 0.2) is 24.3 Å². The minimum atomic E-state index is 0.00267. The Kier molecular flexibility index (Phi) is 5.56. The molecule has 2 aliphatic rings. The van der Waals surface area contributed by atoms with Crippen molar-refractivity contribution < 1.29 is 14.4 Å². The van der Waals surface area contributed by atoms with E-state index in [0.29, 0.717) is 44.7 Å². The Morgan fingerprint density at radius 2 is 1.65 bits per heavy atom. The number of nitrogens with zero attached hydrogens (tertiary/aromatic N) is 4. The molecule has 7 heteroatoms. The van der Waals surface area contributed by atoms with E-state index < -0.39 is 0 Å². The maximum atomic E-state index is 12.7. The van der Waals surface area contributed by atoms with Gasteiger partial charge < -0.3 is 14.7 Å². The van der Waals surface area contributed by atoms with Gasteiger partial charge in [0.2, 0.25) is 11.8 Å². The lowest BCUT2D eigenvalue weighted by molar-refractivity contribution is -0.130. The molecule has 0 N–H and O–H groups in total. The largest absolute Gasteiger partial charge is 0.348 e. The van der Waals surface area contributed by atoms with Crippen LogP contribution in [-0.4, -0.2) is 85.8 Å². The van der Waals surface area contributed by atoms with E-state index in [9.17, 15) is 14.4 Å². The third kappa shape index (κ3) is 4.04. The van der Waals surface area contributed by atoms with Crippen LogP contribution in [0, 0.1) is 0 Å². The molecule has 0 spiro atoms. The van der Waals surface area contributed by atoms with Crippen LogP contribution in [-0.2, 0) is 9.59 Å². The SMILES string of the molecule is CN(C)C(=O)CN1CCN(C(=O)c2ccc(N3CCCC3=O)cc2)CC1. The molecule has 140 valence electrons. The maximum absolute atomic E-state index is 12.7. The molecule has 2 saturated heterocycles. The highest BCUT2D eigenvalue weighted by atomic mass is 16.2. The van der Waals surface area contributed by atoms with E-state index in [-0.39, 0.29) is 17.7 Å². The predicted molar refractivity (Wildman–Crippen MR) is 99.1 cm³/mol. The van der Waals surface area contributed by atoms with Crippen LogP contribution in [0.25, 0.3) is 0 Å². The number of likely N-dealkylation sites (N-methyl/N-ethyl adjacent to an activating group) is 1. The lowest BCUT2D eigenvalue weighted by Gasteiger charge is -2.34. The molecule has 7 nitrogen and oxygen atoms in total. The number of carbonyl (C=O) groups is 3. The molecule has 2 heterocycles. The number of anilines is 1. The molecule has 3 rings (SSSR count). The van der Waals surface area contributed by atoms with Crippen molar-refractivity contribution in [3.8, 4) is 0 Å². The summed E-state index contributed by atoms with van der Waals surface area (Å²) in [5, 5.41) is 0. The number of piperazine rings is 1. The number of carbonyl (C=O) groups excluding carboxylic acids is 3. The van der Waals surface area contributed by atoms with Gasteiger partial charge in [0.25, 0.3) is 5.91 Å². The molecule has 26 heavy (non-hydrogen) atoms. The number of benzene rings is 1. The van der Waals surface area contributed by atoms with Gasteiger partial charge in [-0.15, -0.1) is 0 Å². The zero-order valence-corrected chi connectivity index (χ0v) is 15.5. The highest BCUT2D eigenvalue weighted by Crippen LogP contribution is 2.22. The second-order valence-electron chi connectivity index (χ2n) is 7.05. The molecule has 1 aromatic rings. The van der Waals surface area contributed by atoms with Crippen LogP contribution >= 0.6 is 0 Å². The van der Waals surface area contributed by atoms with E-state index >= 15 is 0 Å². The van der Waals surface area contributed by atoms with Gasteiger partial charge in [0.05, 0.1) is 6.54 Å². The van der Waals surface area contributed by atoms with E-state index in [1.165, 1.54) is 0 Å². The van der Waals surface area contributed by atoms with Gasteiger partial charge in [0.15, 0.2) is 0 Å². The van der Waals surface area contributed by atoms with Crippen molar-refractivity contribution >= 4 is 23.4 Å². The summed E-state index contributed by atoms with van der Waals surface area (Å²) in [5.74, 6) is 0.229. The maximum Gasteiger partial charge on any atom is 0.253 e. The van der Waals surface area contributed by atoms with Crippen molar-refractivity contribution in [3.63, 3.8) is 0 Å². The van der Waals surface area contributed by atoms with Crippen LogP contribution in [0.1, 0.15) is 23.2 Å². The van der Waals surface area contributed by atoms with Gasteiger partial charge in [-0.1, -0.05) is 0 Å². The fraction of sp³-hybridized carbons (Fsp3) is 0.526. The lowest BCUT2D eigenvalue weighted by Crippen LogP contribution is -2.51. The van der Waals surface area contributed by atoms with E-state index in [4.69, 9.17) is 0 Å². The second-order valence-corrected chi connectivity index (χ2v) is 7.05. The molecular formula is C19H26N4O3. The molecule has 0 aliphatic carbocycles. The monoisotopic (exact) mass is 358 g/mol. The first kappa shape index (κ1) is 18.4. The summed E-state index contributed by atoms with van der Waals surface area (Å²) in [7, 11) is 3.50. The first-order valence-corrected chi connectivity index (χ1v) is 9.08. The molecule has 0 saturated carbocycles. The third-order valence-corrected chi connectivity index (χ3v) is 5.02. The van der Waals surface area contributed by atoms with Crippen molar-refractivity contribution in [2.75, 3.05) is 58.3 Å². The Morgan fingerprint density at radius 3 is 2.19 bits per heavy atom. The summed E-state index contributed by atoms with van der Waals surface area (Å²) in [6, 6.07) is 7.29. The smallest absolute Gasteiger partial charge is 0.253 e. The summed E-state index contributed by atoms with van der Waals surface area (Å²) < 4.78 is 0. The Morgan fingerprint density at radius 1 is 1.00 bits per heavy atom. The van der Waals surface area contributed by atoms with E-state index in [2.05, 4.69) is 4.90 Å². The van der Waals surface area contributed by atoms with E-state index in [1.807, 2.05) is 17.0 Å². The number of amides is 3. The van der Waals surface area contributed by atoms with Gasteiger partial charge in [-0.05, 0) is 30.7 Å². The number of rotatable bonds is 4. The van der Waals surface area contributed by atoms with Gasteiger partial charge in [-0.3, -0.25) is 19.3 Å². The summed E-state index contributed by atoms with van der Waals surface area (Å²) in [6.45, 7) is 3.78.